The van der Waals surface area contributed by atoms with Crippen molar-refractivity contribution >= 4 is 18.5 Å². The van der Waals surface area contributed by atoms with Crippen LogP contribution in [0.3, 0.4) is 0 Å². The number of carbonyl (C=O) groups excluding carboxylic acids is 1. The van der Waals surface area contributed by atoms with E-state index < -0.39 is 11.4 Å². The number of thiol groups is 1. The predicted octanol–water partition coefficient (Wildman–Crippen LogP) is 0.993. The first kappa shape index (κ1) is 16.0. The molecule has 0 saturated heterocycles. The molecule has 0 fully saturated rings. The Kier molecular flexibility index (Phi) is 6.91. The van der Waals surface area contributed by atoms with Gasteiger partial charge in [0.2, 0.25) is 5.91 Å². The van der Waals surface area contributed by atoms with E-state index in [1.54, 1.807) is 7.05 Å². The van der Waals surface area contributed by atoms with Gasteiger partial charge < -0.3 is 14.7 Å². The summed E-state index contributed by atoms with van der Waals surface area (Å²) < 4.78 is 4.83. The molecule has 0 saturated carbocycles. The lowest BCUT2D eigenvalue weighted by Gasteiger charge is -2.23. The van der Waals surface area contributed by atoms with E-state index in [4.69, 9.17) is 4.74 Å². The third-order valence-electron chi connectivity index (χ3n) is 2.78. The summed E-state index contributed by atoms with van der Waals surface area (Å²) in [6.07, 6.45) is -0.0933. The zero-order valence-electron chi connectivity index (χ0n) is 11.3. The van der Waals surface area contributed by atoms with Crippen molar-refractivity contribution in [1.82, 2.24) is 4.90 Å². The molecule has 106 valence electrons. The van der Waals surface area contributed by atoms with E-state index in [9.17, 15) is 9.90 Å². The van der Waals surface area contributed by atoms with Gasteiger partial charge in [-0.2, -0.15) is 12.6 Å². The predicted molar refractivity (Wildman–Crippen MR) is 78.4 cm³/mol. The van der Waals surface area contributed by atoms with Crippen molar-refractivity contribution in [1.29, 1.82) is 0 Å². The minimum atomic E-state index is -0.670. The Morgan fingerprint density at radius 3 is 2.63 bits per heavy atom. The lowest BCUT2D eigenvalue weighted by molar-refractivity contribution is -0.130. The van der Waals surface area contributed by atoms with Crippen LogP contribution < -0.4 is 0 Å². The quantitative estimate of drug-likeness (QED) is 0.734. The zero-order chi connectivity index (χ0) is 14.3. The Balaban J connectivity index is 2.47. The molecule has 4 nitrogen and oxygen atoms in total. The summed E-state index contributed by atoms with van der Waals surface area (Å²) in [5.41, 5.74) is 1.07. The van der Waals surface area contributed by atoms with Crippen molar-refractivity contribution < 1.29 is 14.6 Å². The number of benzene rings is 1. The summed E-state index contributed by atoms with van der Waals surface area (Å²) in [5, 5.41) is 9.20. The molecule has 1 rings (SSSR count). The van der Waals surface area contributed by atoms with Crippen LogP contribution in [-0.4, -0.2) is 54.6 Å². The van der Waals surface area contributed by atoms with Crippen LogP contribution in [0, 0.1) is 0 Å². The molecule has 0 aliphatic rings. The smallest absolute Gasteiger partial charge is 0.235 e. The van der Waals surface area contributed by atoms with Crippen molar-refractivity contribution in [3.05, 3.63) is 35.9 Å². The molecule has 0 spiro atoms. The van der Waals surface area contributed by atoms with Gasteiger partial charge in [-0.25, -0.2) is 0 Å². The number of rotatable bonds is 7. The molecule has 2 atom stereocenters. The maximum atomic E-state index is 12.1. The average Bonchev–Trinajstić information content (AvgIpc) is 2.39. The van der Waals surface area contributed by atoms with Crippen LogP contribution in [0.5, 0.6) is 0 Å². The van der Waals surface area contributed by atoms with Crippen molar-refractivity contribution in [3.8, 4) is 0 Å². The first-order valence-corrected chi connectivity index (χ1v) is 6.70. The number of aliphatic hydroxyl groups is 1. The highest BCUT2D eigenvalue weighted by atomic mass is 32.1. The number of amides is 1. The Bertz CT molecular complexity index is 386. The molecule has 0 radical (unpaired) electrons. The van der Waals surface area contributed by atoms with E-state index in [2.05, 4.69) is 12.6 Å². The van der Waals surface area contributed by atoms with E-state index in [0.29, 0.717) is 6.42 Å². The van der Waals surface area contributed by atoms with Crippen molar-refractivity contribution in [2.45, 2.75) is 17.8 Å². The topological polar surface area (TPSA) is 49.8 Å². The SMILES string of the molecule is COCC(O)CN(C)C(=O)C(S)Cc1ccccc1. The number of likely N-dealkylation sites (N-methyl/N-ethyl adjacent to an activating group) is 1. The molecule has 0 aromatic heterocycles. The summed E-state index contributed by atoms with van der Waals surface area (Å²) in [6.45, 7) is 0.464. The van der Waals surface area contributed by atoms with E-state index in [1.165, 1.54) is 12.0 Å². The molecular weight excluding hydrogens is 262 g/mol. The highest BCUT2D eigenvalue weighted by Gasteiger charge is 2.20. The van der Waals surface area contributed by atoms with Crippen LogP contribution in [0.25, 0.3) is 0 Å². The second-order valence-corrected chi connectivity index (χ2v) is 5.16. The second kappa shape index (κ2) is 8.19. The molecule has 0 bridgehead atoms. The molecule has 0 aliphatic carbocycles. The fourth-order valence-corrected chi connectivity index (χ4v) is 2.24. The molecule has 2 unspecified atom stereocenters. The van der Waals surface area contributed by atoms with Gasteiger partial charge in [0.05, 0.1) is 18.0 Å². The number of hydrogen-bond acceptors (Lipinski definition) is 4. The van der Waals surface area contributed by atoms with Gasteiger partial charge >= 0.3 is 0 Å². The maximum absolute atomic E-state index is 12.1. The standard InChI is InChI=1S/C14H21NO3S/c1-15(9-12(16)10-18-2)14(17)13(19)8-11-6-4-3-5-7-11/h3-7,12-13,16,19H,8-10H2,1-2H3. The number of nitrogens with zero attached hydrogens (tertiary/aromatic N) is 1. The Morgan fingerprint density at radius 2 is 2.05 bits per heavy atom. The molecule has 19 heavy (non-hydrogen) atoms. The maximum Gasteiger partial charge on any atom is 0.235 e. The number of ether oxygens (including phenoxy) is 1. The van der Waals surface area contributed by atoms with Gasteiger partial charge in [0, 0.05) is 20.7 Å². The van der Waals surface area contributed by atoms with E-state index in [-0.39, 0.29) is 19.1 Å². The van der Waals surface area contributed by atoms with Gasteiger partial charge in [0.15, 0.2) is 0 Å². The third kappa shape index (κ3) is 5.63. The van der Waals surface area contributed by atoms with Crippen LogP contribution in [0.2, 0.25) is 0 Å². The molecule has 0 aliphatic heterocycles. The summed E-state index contributed by atoms with van der Waals surface area (Å²) in [7, 11) is 3.18. The molecular formula is C14H21NO3S. The Hall–Kier alpha value is -1.04. The van der Waals surface area contributed by atoms with Gasteiger partial charge in [0.1, 0.15) is 0 Å². The van der Waals surface area contributed by atoms with Crippen LogP contribution in [-0.2, 0) is 16.0 Å². The van der Waals surface area contributed by atoms with Gasteiger partial charge in [-0.3, -0.25) is 4.79 Å². The second-order valence-electron chi connectivity index (χ2n) is 4.53. The number of methoxy groups -OCH3 is 1. The Morgan fingerprint density at radius 1 is 1.42 bits per heavy atom. The van der Waals surface area contributed by atoms with Crippen LogP contribution in [0.4, 0.5) is 0 Å². The number of carbonyl (C=O) groups is 1. The third-order valence-corrected chi connectivity index (χ3v) is 3.18. The summed E-state index contributed by atoms with van der Waals surface area (Å²) in [5.74, 6) is -0.0951. The van der Waals surface area contributed by atoms with Crippen LogP contribution in [0.15, 0.2) is 30.3 Å². The summed E-state index contributed by atoms with van der Waals surface area (Å²) in [6, 6.07) is 9.75. The lowest BCUT2D eigenvalue weighted by Crippen LogP contribution is -2.40. The molecule has 1 aromatic carbocycles. The van der Waals surface area contributed by atoms with Gasteiger partial charge in [-0.1, -0.05) is 30.3 Å². The van der Waals surface area contributed by atoms with E-state index in [1.807, 2.05) is 30.3 Å². The number of hydrogen-bond donors (Lipinski definition) is 2. The van der Waals surface area contributed by atoms with Crippen molar-refractivity contribution in [2.75, 3.05) is 27.3 Å². The number of aliphatic hydroxyl groups excluding tert-OH is 1. The summed E-state index contributed by atoms with van der Waals surface area (Å²) in [4.78, 5) is 13.6. The van der Waals surface area contributed by atoms with Crippen molar-refractivity contribution in [2.24, 2.45) is 0 Å². The fraction of sp³-hybridized carbons (Fsp3) is 0.500. The van der Waals surface area contributed by atoms with E-state index >= 15 is 0 Å². The van der Waals surface area contributed by atoms with E-state index in [0.717, 1.165) is 5.56 Å². The minimum absolute atomic E-state index is 0.0951. The molecule has 1 amide bonds. The minimum Gasteiger partial charge on any atom is -0.389 e. The molecule has 5 heteroatoms. The van der Waals surface area contributed by atoms with Crippen molar-refractivity contribution in [3.63, 3.8) is 0 Å². The zero-order valence-corrected chi connectivity index (χ0v) is 12.2. The molecule has 1 aromatic rings. The fourth-order valence-electron chi connectivity index (χ4n) is 1.83. The highest BCUT2D eigenvalue weighted by molar-refractivity contribution is 7.81. The van der Waals surface area contributed by atoms with Gasteiger partial charge in [0.25, 0.3) is 0 Å². The van der Waals surface area contributed by atoms with Gasteiger partial charge in [-0.15, -0.1) is 0 Å². The van der Waals surface area contributed by atoms with Crippen LogP contribution in [0.1, 0.15) is 5.56 Å². The Labute approximate surface area is 119 Å². The van der Waals surface area contributed by atoms with Crippen LogP contribution >= 0.6 is 12.6 Å². The lowest BCUT2D eigenvalue weighted by atomic mass is 10.1. The average molecular weight is 283 g/mol. The first-order valence-electron chi connectivity index (χ1n) is 6.18. The molecule has 1 N–H and O–H groups in total. The normalized spacial score (nSPS) is 13.9. The largest absolute Gasteiger partial charge is 0.389 e. The summed E-state index contributed by atoms with van der Waals surface area (Å²) >= 11 is 4.35. The monoisotopic (exact) mass is 283 g/mol. The first-order chi connectivity index (χ1) is 9.04. The molecule has 0 heterocycles. The van der Waals surface area contributed by atoms with Gasteiger partial charge in [-0.05, 0) is 12.0 Å². The highest BCUT2D eigenvalue weighted by Crippen LogP contribution is 2.10.